The summed E-state index contributed by atoms with van der Waals surface area (Å²) < 4.78 is 0. The molecule has 0 unspecified atom stereocenters. The fourth-order valence-electron chi connectivity index (χ4n) is 4.54. The van der Waals surface area contributed by atoms with Gasteiger partial charge in [0.25, 0.3) is 0 Å². The van der Waals surface area contributed by atoms with Gasteiger partial charge in [-0.15, -0.1) is 0 Å². The standard InChI is InChI=1S/C26H28N2/c1-16(2)19-11-13-20(14-12-19)26-22-9-7-5-6-8-21(22)25-23(28-26)15-10-17(3)24(25)18(4)27/h10-15,27H,1,5-9H2,2-4H3. The highest BCUT2D eigenvalue weighted by atomic mass is 14.7. The van der Waals surface area contributed by atoms with Gasteiger partial charge in [0.2, 0.25) is 0 Å². The molecule has 1 aliphatic carbocycles. The average molecular weight is 369 g/mol. The minimum Gasteiger partial charge on any atom is -0.305 e. The Labute approximate surface area is 167 Å². The summed E-state index contributed by atoms with van der Waals surface area (Å²) in [6, 6.07) is 12.9. The molecular weight excluding hydrogens is 340 g/mol. The van der Waals surface area contributed by atoms with E-state index in [1.54, 1.807) is 0 Å². The molecule has 2 heteroatoms. The molecule has 0 fully saturated rings. The Morgan fingerprint density at radius 2 is 1.61 bits per heavy atom. The van der Waals surface area contributed by atoms with Crippen LogP contribution in [0.15, 0.2) is 43.0 Å². The largest absolute Gasteiger partial charge is 0.305 e. The van der Waals surface area contributed by atoms with E-state index in [0.29, 0.717) is 5.71 Å². The molecule has 0 saturated carbocycles. The van der Waals surface area contributed by atoms with E-state index < -0.39 is 0 Å². The number of hydrogen-bond donors (Lipinski definition) is 1. The molecule has 3 aromatic rings. The number of aryl methyl sites for hydroxylation is 2. The molecule has 0 saturated heterocycles. The first kappa shape index (κ1) is 18.6. The van der Waals surface area contributed by atoms with Gasteiger partial charge in [0.15, 0.2) is 0 Å². The highest BCUT2D eigenvalue weighted by molar-refractivity contribution is 6.10. The van der Waals surface area contributed by atoms with Crippen LogP contribution in [-0.4, -0.2) is 10.7 Å². The van der Waals surface area contributed by atoms with Crippen molar-refractivity contribution in [3.63, 3.8) is 0 Å². The zero-order valence-corrected chi connectivity index (χ0v) is 17.2. The van der Waals surface area contributed by atoms with Gasteiger partial charge in [-0.25, -0.2) is 4.98 Å². The van der Waals surface area contributed by atoms with Crippen LogP contribution in [0.2, 0.25) is 0 Å². The molecule has 28 heavy (non-hydrogen) atoms. The maximum absolute atomic E-state index is 8.38. The minimum absolute atomic E-state index is 0.634. The predicted molar refractivity (Wildman–Crippen MR) is 120 cm³/mol. The first-order valence-electron chi connectivity index (χ1n) is 10.2. The van der Waals surface area contributed by atoms with E-state index in [4.69, 9.17) is 10.4 Å². The van der Waals surface area contributed by atoms with Crippen molar-refractivity contribution >= 4 is 22.2 Å². The second-order valence-electron chi connectivity index (χ2n) is 8.11. The molecule has 2 nitrogen and oxygen atoms in total. The van der Waals surface area contributed by atoms with Crippen LogP contribution >= 0.6 is 0 Å². The van der Waals surface area contributed by atoms with Gasteiger partial charge in [-0.1, -0.05) is 48.9 Å². The molecule has 1 heterocycles. The smallest absolute Gasteiger partial charge is 0.0744 e. The van der Waals surface area contributed by atoms with Gasteiger partial charge in [0, 0.05) is 22.2 Å². The van der Waals surface area contributed by atoms with Gasteiger partial charge in [-0.3, -0.25) is 0 Å². The van der Waals surface area contributed by atoms with Gasteiger partial charge < -0.3 is 5.41 Å². The molecule has 0 aliphatic heterocycles. The van der Waals surface area contributed by atoms with E-state index in [-0.39, 0.29) is 0 Å². The first-order valence-corrected chi connectivity index (χ1v) is 10.2. The van der Waals surface area contributed by atoms with Crippen molar-refractivity contribution in [2.24, 2.45) is 0 Å². The summed E-state index contributed by atoms with van der Waals surface area (Å²) in [5.74, 6) is 0. The third-order valence-corrected chi connectivity index (χ3v) is 5.96. The molecule has 4 rings (SSSR count). The highest BCUT2D eigenvalue weighted by Gasteiger charge is 2.21. The van der Waals surface area contributed by atoms with Crippen LogP contribution in [0.5, 0.6) is 0 Å². The Hall–Kier alpha value is -2.74. The Morgan fingerprint density at radius 1 is 0.929 bits per heavy atom. The fraction of sp³-hybridized carbons (Fsp3) is 0.308. The van der Waals surface area contributed by atoms with Crippen LogP contribution in [0.25, 0.3) is 27.7 Å². The van der Waals surface area contributed by atoms with Crippen molar-refractivity contribution in [3.05, 3.63) is 70.8 Å². The number of rotatable bonds is 3. The number of benzene rings is 2. The minimum atomic E-state index is 0.634. The fourth-order valence-corrected chi connectivity index (χ4v) is 4.54. The van der Waals surface area contributed by atoms with Crippen LogP contribution in [-0.2, 0) is 12.8 Å². The number of fused-ring (bicyclic) bond motifs is 3. The summed E-state index contributed by atoms with van der Waals surface area (Å²) in [5, 5.41) is 9.59. The van der Waals surface area contributed by atoms with E-state index in [1.807, 2.05) is 13.8 Å². The lowest BCUT2D eigenvalue weighted by molar-refractivity contribution is 0.712. The molecule has 1 aromatic heterocycles. The Kier molecular flexibility index (Phi) is 4.89. The first-order chi connectivity index (χ1) is 13.5. The van der Waals surface area contributed by atoms with Crippen molar-refractivity contribution in [2.75, 3.05) is 0 Å². The molecule has 0 radical (unpaired) electrons. The Morgan fingerprint density at radius 3 is 2.25 bits per heavy atom. The number of pyridine rings is 1. The third-order valence-electron chi connectivity index (χ3n) is 5.96. The van der Waals surface area contributed by atoms with Gasteiger partial charge in [-0.05, 0) is 74.8 Å². The average Bonchev–Trinajstić information content (AvgIpc) is 2.93. The number of hydrogen-bond acceptors (Lipinski definition) is 2. The van der Waals surface area contributed by atoms with Crippen molar-refractivity contribution in [1.82, 2.24) is 4.98 Å². The molecule has 0 bridgehead atoms. The van der Waals surface area contributed by atoms with E-state index in [1.165, 1.54) is 52.5 Å². The Bertz CT molecular complexity index is 1090. The maximum Gasteiger partial charge on any atom is 0.0744 e. The van der Waals surface area contributed by atoms with Crippen LogP contribution in [0.4, 0.5) is 0 Å². The lowest BCUT2D eigenvalue weighted by Gasteiger charge is -2.19. The number of aromatic nitrogens is 1. The van der Waals surface area contributed by atoms with E-state index in [0.717, 1.165) is 35.2 Å². The van der Waals surface area contributed by atoms with Crippen LogP contribution in [0, 0.1) is 12.3 Å². The summed E-state index contributed by atoms with van der Waals surface area (Å²) in [6.45, 7) is 10.1. The van der Waals surface area contributed by atoms with E-state index in [2.05, 4.69) is 49.9 Å². The third kappa shape index (κ3) is 3.17. The van der Waals surface area contributed by atoms with Gasteiger partial charge in [0.1, 0.15) is 0 Å². The number of nitrogens with zero attached hydrogens (tertiary/aromatic N) is 1. The zero-order valence-electron chi connectivity index (χ0n) is 17.2. The van der Waals surface area contributed by atoms with Crippen molar-refractivity contribution in [1.29, 1.82) is 5.41 Å². The summed E-state index contributed by atoms with van der Waals surface area (Å²) in [4.78, 5) is 5.14. The second kappa shape index (κ2) is 7.35. The van der Waals surface area contributed by atoms with Gasteiger partial charge in [0.05, 0.1) is 11.2 Å². The van der Waals surface area contributed by atoms with Crippen LogP contribution in [0.3, 0.4) is 0 Å². The zero-order chi connectivity index (χ0) is 19.8. The van der Waals surface area contributed by atoms with Gasteiger partial charge in [-0.2, -0.15) is 0 Å². The van der Waals surface area contributed by atoms with Gasteiger partial charge >= 0.3 is 0 Å². The van der Waals surface area contributed by atoms with Crippen molar-refractivity contribution in [3.8, 4) is 11.3 Å². The van der Waals surface area contributed by atoms with Crippen molar-refractivity contribution < 1.29 is 0 Å². The molecule has 0 amide bonds. The molecule has 0 atom stereocenters. The molecule has 1 aliphatic rings. The SMILES string of the molecule is C=C(C)c1ccc(-c2nc3ccc(C)c(C(C)=N)c3c3c2CCCCC3)cc1. The quantitative estimate of drug-likeness (QED) is 0.396. The van der Waals surface area contributed by atoms with Crippen molar-refractivity contribution in [2.45, 2.75) is 52.9 Å². The summed E-state index contributed by atoms with van der Waals surface area (Å²) in [7, 11) is 0. The summed E-state index contributed by atoms with van der Waals surface area (Å²) in [6.07, 6.45) is 5.83. The van der Waals surface area contributed by atoms with Crippen LogP contribution in [0.1, 0.15) is 60.9 Å². The molecular formula is C26H28N2. The topological polar surface area (TPSA) is 36.7 Å². The molecule has 2 aromatic carbocycles. The molecule has 1 N–H and O–H groups in total. The predicted octanol–water partition coefficient (Wildman–Crippen LogP) is 6.90. The summed E-state index contributed by atoms with van der Waals surface area (Å²) in [5.41, 5.74) is 11.3. The molecule has 142 valence electrons. The summed E-state index contributed by atoms with van der Waals surface area (Å²) >= 11 is 0. The second-order valence-corrected chi connectivity index (χ2v) is 8.11. The lowest BCUT2D eigenvalue weighted by Crippen LogP contribution is -2.06. The van der Waals surface area contributed by atoms with Crippen LogP contribution < -0.4 is 0 Å². The lowest BCUT2D eigenvalue weighted by atomic mass is 9.88. The van der Waals surface area contributed by atoms with E-state index in [9.17, 15) is 0 Å². The molecule has 0 spiro atoms. The maximum atomic E-state index is 8.38. The Balaban J connectivity index is 2.03. The van der Waals surface area contributed by atoms with E-state index >= 15 is 0 Å². The monoisotopic (exact) mass is 368 g/mol. The normalized spacial score (nSPS) is 13.8. The number of allylic oxidation sites excluding steroid dienone is 1. The highest BCUT2D eigenvalue weighted by Crippen LogP contribution is 2.37. The number of nitrogens with one attached hydrogen (secondary N) is 1.